The first-order valence-electron chi connectivity index (χ1n) is 7.86. The van der Waals surface area contributed by atoms with Gasteiger partial charge in [0.1, 0.15) is 5.82 Å². The smallest absolute Gasteiger partial charge is 0.123 e. The molecule has 1 aliphatic rings. The standard InChI is InChI=1S/C17H27FN2/c1-4-19-12-15-11-16(18)5-6-17(15)20-9-7-14(8-10-20)13(2)3/h5-6,11,13-14,19H,4,7-10,12H2,1-3H3. The lowest BCUT2D eigenvalue weighted by Crippen LogP contribution is -2.36. The van der Waals surface area contributed by atoms with E-state index in [1.165, 1.54) is 18.5 Å². The highest BCUT2D eigenvalue weighted by Gasteiger charge is 2.23. The molecule has 1 aromatic rings. The minimum absolute atomic E-state index is 0.140. The molecule has 0 aromatic heterocycles. The molecule has 0 spiro atoms. The zero-order valence-corrected chi connectivity index (χ0v) is 13.0. The van der Waals surface area contributed by atoms with E-state index in [0.29, 0.717) is 0 Å². The van der Waals surface area contributed by atoms with Crippen LogP contribution in [0.5, 0.6) is 0 Å². The van der Waals surface area contributed by atoms with Crippen molar-refractivity contribution in [1.29, 1.82) is 0 Å². The van der Waals surface area contributed by atoms with Crippen LogP contribution in [0.3, 0.4) is 0 Å². The van der Waals surface area contributed by atoms with Crippen molar-refractivity contribution < 1.29 is 4.39 Å². The van der Waals surface area contributed by atoms with E-state index in [4.69, 9.17) is 0 Å². The Balaban J connectivity index is 2.08. The predicted molar refractivity (Wildman–Crippen MR) is 83.6 cm³/mol. The molecule has 3 heteroatoms. The lowest BCUT2D eigenvalue weighted by molar-refractivity contribution is 0.311. The van der Waals surface area contributed by atoms with E-state index < -0.39 is 0 Å². The van der Waals surface area contributed by atoms with E-state index in [9.17, 15) is 4.39 Å². The first-order valence-corrected chi connectivity index (χ1v) is 7.86. The van der Waals surface area contributed by atoms with Gasteiger partial charge in [-0.3, -0.25) is 0 Å². The normalized spacial score (nSPS) is 16.9. The van der Waals surface area contributed by atoms with Crippen molar-refractivity contribution in [2.24, 2.45) is 11.8 Å². The predicted octanol–water partition coefficient (Wildman–Crippen LogP) is 3.81. The quantitative estimate of drug-likeness (QED) is 0.881. The summed E-state index contributed by atoms with van der Waals surface area (Å²) in [5.41, 5.74) is 2.28. The molecule has 0 amide bonds. The van der Waals surface area contributed by atoms with E-state index in [1.807, 2.05) is 6.07 Å². The summed E-state index contributed by atoms with van der Waals surface area (Å²) in [4.78, 5) is 2.42. The fourth-order valence-corrected chi connectivity index (χ4v) is 3.07. The van der Waals surface area contributed by atoms with Gasteiger partial charge in [-0.05, 0) is 55.0 Å². The summed E-state index contributed by atoms with van der Waals surface area (Å²) in [5.74, 6) is 1.47. The fourth-order valence-electron chi connectivity index (χ4n) is 3.07. The van der Waals surface area contributed by atoms with Gasteiger partial charge >= 0.3 is 0 Å². The first kappa shape index (κ1) is 15.3. The second-order valence-electron chi connectivity index (χ2n) is 6.12. The van der Waals surface area contributed by atoms with Gasteiger partial charge in [-0.25, -0.2) is 4.39 Å². The molecule has 1 heterocycles. The molecule has 0 saturated carbocycles. The molecule has 20 heavy (non-hydrogen) atoms. The van der Waals surface area contributed by atoms with Crippen LogP contribution in [0.25, 0.3) is 0 Å². The first-order chi connectivity index (χ1) is 9.61. The van der Waals surface area contributed by atoms with Crippen LogP contribution >= 0.6 is 0 Å². The van der Waals surface area contributed by atoms with Gasteiger partial charge in [-0.2, -0.15) is 0 Å². The summed E-state index contributed by atoms with van der Waals surface area (Å²) in [7, 11) is 0. The van der Waals surface area contributed by atoms with Crippen LogP contribution in [0.4, 0.5) is 10.1 Å². The van der Waals surface area contributed by atoms with Crippen LogP contribution in [-0.2, 0) is 6.54 Å². The third-order valence-electron chi connectivity index (χ3n) is 4.43. The van der Waals surface area contributed by atoms with Gasteiger partial charge in [0.2, 0.25) is 0 Å². The third-order valence-corrected chi connectivity index (χ3v) is 4.43. The molecule has 2 nitrogen and oxygen atoms in total. The van der Waals surface area contributed by atoms with Crippen molar-refractivity contribution >= 4 is 5.69 Å². The zero-order chi connectivity index (χ0) is 14.5. The number of piperidine rings is 1. The highest BCUT2D eigenvalue weighted by Crippen LogP contribution is 2.30. The molecule has 0 radical (unpaired) electrons. The molecule has 1 fully saturated rings. The number of hydrogen-bond acceptors (Lipinski definition) is 2. The Morgan fingerprint density at radius 3 is 2.60 bits per heavy atom. The minimum atomic E-state index is -0.140. The van der Waals surface area contributed by atoms with Gasteiger partial charge in [0.25, 0.3) is 0 Å². The zero-order valence-electron chi connectivity index (χ0n) is 13.0. The topological polar surface area (TPSA) is 15.3 Å². The van der Waals surface area contributed by atoms with Gasteiger partial charge < -0.3 is 10.2 Å². The SMILES string of the molecule is CCNCc1cc(F)ccc1N1CCC(C(C)C)CC1. The van der Waals surface area contributed by atoms with Gasteiger partial charge in [-0.15, -0.1) is 0 Å². The summed E-state index contributed by atoms with van der Waals surface area (Å²) < 4.78 is 13.5. The van der Waals surface area contributed by atoms with Gasteiger partial charge in [0.05, 0.1) is 0 Å². The molecule has 1 aromatic carbocycles. The second-order valence-corrected chi connectivity index (χ2v) is 6.12. The van der Waals surface area contributed by atoms with E-state index in [0.717, 1.165) is 43.6 Å². The highest BCUT2D eigenvalue weighted by molar-refractivity contribution is 5.54. The Kier molecular flexibility index (Phi) is 5.41. The fraction of sp³-hybridized carbons (Fsp3) is 0.647. The van der Waals surface area contributed by atoms with Crippen molar-refractivity contribution in [2.45, 2.75) is 40.2 Å². The van der Waals surface area contributed by atoms with Crippen LogP contribution in [0.15, 0.2) is 18.2 Å². The lowest BCUT2D eigenvalue weighted by Gasteiger charge is -2.36. The molecule has 1 N–H and O–H groups in total. The maximum atomic E-state index is 13.5. The average Bonchev–Trinajstić information content (AvgIpc) is 2.45. The van der Waals surface area contributed by atoms with Crippen molar-refractivity contribution in [2.75, 3.05) is 24.5 Å². The van der Waals surface area contributed by atoms with Crippen LogP contribution < -0.4 is 10.2 Å². The summed E-state index contributed by atoms with van der Waals surface area (Å²) in [6.07, 6.45) is 2.49. The van der Waals surface area contributed by atoms with Crippen molar-refractivity contribution in [1.82, 2.24) is 5.32 Å². The Labute approximate surface area is 122 Å². The molecule has 112 valence electrons. The van der Waals surface area contributed by atoms with Gasteiger partial charge in [0, 0.05) is 25.3 Å². The van der Waals surface area contributed by atoms with E-state index in [-0.39, 0.29) is 5.82 Å². The van der Waals surface area contributed by atoms with E-state index >= 15 is 0 Å². The molecule has 0 unspecified atom stereocenters. The van der Waals surface area contributed by atoms with Gasteiger partial charge in [0.15, 0.2) is 0 Å². The highest BCUT2D eigenvalue weighted by atomic mass is 19.1. The monoisotopic (exact) mass is 278 g/mol. The van der Waals surface area contributed by atoms with Crippen LogP contribution in [0.1, 0.15) is 39.2 Å². The number of halogens is 1. The molecule has 2 rings (SSSR count). The molecular formula is C17H27FN2. The molecular weight excluding hydrogens is 251 g/mol. The number of nitrogens with zero attached hydrogens (tertiary/aromatic N) is 1. The number of rotatable bonds is 5. The minimum Gasteiger partial charge on any atom is -0.371 e. The Bertz CT molecular complexity index is 423. The van der Waals surface area contributed by atoms with E-state index in [1.54, 1.807) is 12.1 Å². The molecule has 0 atom stereocenters. The average molecular weight is 278 g/mol. The van der Waals surface area contributed by atoms with Crippen molar-refractivity contribution in [3.63, 3.8) is 0 Å². The van der Waals surface area contributed by atoms with Crippen LogP contribution in [-0.4, -0.2) is 19.6 Å². The lowest BCUT2D eigenvalue weighted by atomic mass is 9.86. The second kappa shape index (κ2) is 7.07. The Morgan fingerprint density at radius 1 is 1.30 bits per heavy atom. The molecule has 1 saturated heterocycles. The molecule has 0 bridgehead atoms. The summed E-state index contributed by atoms with van der Waals surface area (Å²) in [6, 6.07) is 5.20. The summed E-state index contributed by atoms with van der Waals surface area (Å²) in [5, 5.41) is 3.30. The Hall–Kier alpha value is -1.09. The maximum absolute atomic E-state index is 13.5. The number of hydrogen-bond donors (Lipinski definition) is 1. The molecule has 0 aliphatic carbocycles. The number of nitrogens with one attached hydrogen (secondary N) is 1. The third kappa shape index (κ3) is 3.72. The van der Waals surface area contributed by atoms with Crippen molar-refractivity contribution in [3.05, 3.63) is 29.6 Å². The van der Waals surface area contributed by atoms with Gasteiger partial charge in [-0.1, -0.05) is 20.8 Å². The number of benzene rings is 1. The Morgan fingerprint density at radius 2 is 2.00 bits per heavy atom. The number of anilines is 1. The van der Waals surface area contributed by atoms with Crippen LogP contribution in [0, 0.1) is 17.7 Å². The van der Waals surface area contributed by atoms with Crippen LogP contribution in [0.2, 0.25) is 0 Å². The maximum Gasteiger partial charge on any atom is 0.123 e. The largest absolute Gasteiger partial charge is 0.371 e. The van der Waals surface area contributed by atoms with Crippen molar-refractivity contribution in [3.8, 4) is 0 Å². The summed E-state index contributed by atoms with van der Waals surface area (Å²) in [6.45, 7) is 10.5. The van der Waals surface area contributed by atoms with E-state index in [2.05, 4.69) is 31.0 Å². The molecule has 1 aliphatic heterocycles. The summed E-state index contributed by atoms with van der Waals surface area (Å²) >= 11 is 0.